The number of anilines is 1. The van der Waals surface area contributed by atoms with Crippen LogP contribution >= 0.6 is 15.9 Å². The van der Waals surface area contributed by atoms with Crippen LogP contribution in [0, 0.1) is 29.1 Å². The first-order valence-corrected chi connectivity index (χ1v) is 10.5. The molecule has 0 aliphatic rings. The Labute approximate surface area is 197 Å². The molecule has 0 saturated heterocycles. The third-order valence-corrected chi connectivity index (χ3v) is 5.33. The summed E-state index contributed by atoms with van der Waals surface area (Å²) in [7, 11) is 0. The number of hydrogen-bond acceptors (Lipinski definition) is 4. The molecule has 0 unspecified atom stereocenters. The van der Waals surface area contributed by atoms with Crippen molar-refractivity contribution in [2.45, 2.75) is 19.4 Å². The number of fused-ring (bicyclic) bond motifs is 1. The number of nitrogens with zero attached hydrogens (tertiary/aromatic N) is 1. The fraction of sp³-hybridized carbons (Fsp3) is 0.130. The monoisotopic (exact) mass is 540 g/mol. The number of oxazole rings is 1. The average Bonchev–Trinajstić information content (AvgIpc) is 3.20. The predicted octanol–water partition coefficient (Wildman–Crippen LogP) is 6.75. The van der Waals surface area contributed by atoms with Crippen molar-refractivity contribution >= 4 is 38.6 Å². The average molecular weight is 541 g/mol. The van der Waals surface area contributed by atoms with E-state index in [2.05, 4.69) is 26.2 Å². The molecule has 0 aliphatic heterocycles. The van der Waals surface area contributed by atoms with Gasteiger partial charge >= 0.3 is 0 Å². The molecule has 34 heavy (non-hydrogen) atoms. The van der Waals surface area contributed by atoms with Gasteiger partial charge in [0.15, 0.2) is 34.5 Å². The van der Waals surface area contributed by atoms with E-state index >= 15 is 0 Å². The van der Waals surface area contributed by atoms with Gasteiger partial charge in [-0.25, -0.2) is 26.9 Å². The lowest BCUT2D eigenvalue weighted by Gasteiger charge is -2.25. The van der Waals surface area contributed by atoms with Gasteiger partial charge in [0.2, 0.25) is 11.7 Å². The quantitative estimate of drug-likeness (QED) is 0.173. The zero-order chi connectivity index (χ0) is 24.8. The lowest BCUT2D eigenvalue weighted by Crippen LogP contribution is -2.42. The number of amides is 1. The summed E-state index contributed by atoms with van der Waals surface area (Å²) < 4.78 is 80.4. The Balaban J connectivity index is 1.61. The van der Waals surface area contributed by atoms with Crippen molar-refractivity contribution in [3.05, 3.63) is 76.0 Å². The van der Waals surface area contributed by atoms with E-state index in [-0.39, 0.29) is 16.8 Å². The molecule has 11 heteroatoms. The Morgan fingerprint density at radius 1 is 0.941 bits per heavy atom. The standard InChI is InChI=1S/C23H14BrF5N2O3/c1-23(2,34-12-6-3-10(24)4-7-12)22(32)30-11-5-8-14-13(9-11)31-21(33-14)15-16(25)18(27)20(29)19(28)17(15)26/h3-9H,1-2H3,(H,30,32). The van der Waals surface area contributed by atoms with Gasteiger partial charge in [0.05, 0.1) is 0 Å². The van der Waals surface area contributed by atoms with Gasteiger partial charge in [0.1, 0.15) is 16.8 Å². The molecular formula is C23H14BrF5N2O3. The van der Waals surface area contributed by atoms with E-state index < -0.39 is 52.0 Å². The molecule has 0 aliphatic carbocycles. The van der Waals surface area contributed by atoms with E-state index in [9.17, 15) is 26.7 Å². The highest BCUT2D eigenvalue weighted by molar-refractivity contribution is 9.10. The first-order chi connectivity index (χ1) is 16.0. The second-order valence-electron chi connectivity index (χ2n) is 7.67. The van der Waals surface area contributed by atoms with Crippen LogP contribution in [0.25, 0.3) is 22.6 Å². The maximum atomic E-state index is 14.1. The van der Waals surface area contributed by atoms with Crippen LogP contribution in [0.3, 0.4) is 0 Å². The fourth-order valence-corrected chi connectivity index (χ4v) is 3.29. The molecule has 0 atom stereocenters. The van der Waals surface area contributed by atoms with Crippen LogP contribution in [0.2, 0.25) is 0 Å². The second kappa shape index (κ2) is 8.71. The SMILES string of the molecule is CC(C)(Oc1ccc(Br)cc1)C(=O)Nc1ccc2oc(-c3c(F)c(F)c(F)c(F)c3F)nc2c1. The Bertz CT molecular complexity index is 1390. The van der Waals surface area contributed by atoms with Gasteiger partial charge in [-0.15, -0.1) is 0 Å². The van der Waals surface area contributed by atoms with Crippen molar-refractivity contribution in [3.8, 4) is 17.2 Å². The highest BCUT2D eigenvalue weighted by atomic mass is 79.9. The summed E-state index contributed by atoms with van der Waals surface area (Å²) in [6.45, 7) is 3.11. The molecule has 5 nitrogen and oxygen atoms in total. The summed E-state index contributed by atoms with van der Waals surface area (Å²) in [5, 5.41) is 2.63. The second-order valence-corrected chi connectivity index (χ2v) is 8.58. The molecule has 0 fully saturated rings. The number of carbonyl (C=O) groups is 1. The van der Waals surface area contributed by atoms with E-state index in [1.54, 1.807) is 38.1 Å². The van der Waals surface area contributed by atoms with Gasteiger partial charge in [0, 0.05) is 10.2 Å². The van der Waals surface area contributed by atoms with Crippen molar-refractivity contribution in [1.29, 1.82) is 0 Å². The zero-order valence-corrected chi connectivity index (χ0v) is 19.1. The minimum Gasteiger partial charge on any atom is -0.478 e. The summed E-state index contributed by atoms with van der Waals surface area (Å²) in [5.74, 6) is -11.5. The topological polar surface area (TPSA) is 64.4 Å². The molecule has 1 heterocycles. The van der Waals surface area contributed by atoms with Crippen molar-refractivity contribution < 1.29 is 35.9 Å². The largest absolute Gasteiger partial charge is 0.478 e. The molecule has 1 aromatic heterocycles. The van der Waals surface area contributed by atoms with Gasteiger partial charge < -0.3 is 14.5 Å². The highest BCUT2D eigenvalue weighted by Gasteiger charge is 2.31. The Morgan fingerprint density at radius 3 is 2.15 bits per heavy atom. The number of rotatable bonds is 5. The van der Waals surface area contributed by atoms with Crippen molar-refractivity contribution in [2.24, 2.45) is 0 Å². The molecule has 0 saturated carbocycles. The van der Waals surface area contributed by atoms with Gasteiger partial charge in [0.25, 0.3) is 5.91 Å². The maximum Gasteiger partial charge on any atom is 0.267 e. The molecule has 4 rings (SSSR count). The summed E-state index contributed by atoms with van der Waals surface area (Å²) in [6.07, 6.45) is 0. The number of hydrogen-bond donors (Lipinski definition) is 1. The lowest BCUT2D eigenvalue weighted by atomic mass is 10.1. The van der Waals surface area contributed by atoms with Crippen LogP contribution in [-0.4, -0.2) is 16.5 Å². The number of nitrogens with one attached hydrogen (secondary N) is 1. The van der Waals surface area contributed by atoms with Gasteiger partial charge in [-0.2, -0.15) is 0 Å². The minimum atomic E-state index is -2.28. The lowest BCUT2D eigenvalue weighted by molar-refractivity contribution is -0.128. The van der Waals surface area contributed by atoms with Crippen molar-refractivity contribution in [2.75, 3.05) is 5.32 Å². The van der Waals surface area contributed by atoms with Crippen LogP contribution in [0.1, 0.15) is 13.8 Å². The van der Waals surface area contributed by atoms with Crippen LogP contribution in [0.4, 0.5) is 27.6 Å². The number of benzene rings is 3. The molecular weight excluding hydrogens is 527 g/mol. The number of ether oxygens (including phenoxy) is 1. The van der Waals surface area contributed by atoms with Crippen molar-refractivity contribution in [3.63, 3.8) is 0 Å². The Hall–Kier alpha value is -3.47. The Kier molecular flexibility index (Phi) is 6.07. The third-order valence-electron chi connectivity index (χ3n) is 4.80. The number of halogens is 6. The number of carbonyl (C=O) groups excluding carboxylic acids is 1. The summed E-state index contributed by atoms with van der Waals surface area (Å²) in [5.41, 5.74) is -2.32. The summed E-state index contributed by atoms with van der Waals surface area (Å²) in [6, 6.07) is 10.9. The molecule has 4 aromatic rings. The molecule has 176 valence electrons. The highest BCUT2D eigenvalue weighted by Crippen LogP contribution is 2.33. The van der Waals surface area contributed by atoms with Gasteiger partial charge in [-0.05, 0) is 56.3 Å². The number of aromatic nitrogens is 1. The normalized spacial score (nSPS) is 11.6. The molecule has 0 spiro atoms. The first kappa shape index (κ1) is 23.7. The summed E-state index contributed by atoms with van der Waals surface area (Å²) in [4.78, 5) is 16.6. The van der Waals surface area contributed by atoms with Crippen LogP contribution < -0.4 is 10.1 Å². The van der Waals surface area contributed by atoms with Crippen LogP contribution in [0.5, 0.6) is 5.75 Å². The molecule has 1 N–H and O–H groups in total. The fourth-order valence-electron chi connectivity index (χ4n) is 3.03. The third kappa shape index (κ3) is 4.35. The molecule has 0 radical (unpaired) electrons. The van der Waals surface area contributed by atoms with Gasteiger partial charge in [-0.3, -0.25) is 4.79 Å². The van der Waals surface area contributed by atoms with Crippen LogP contribution in [0.15, 0.2) is 51.4 Å². The summed E-state index contributed by atoms with van der Waals surface area (Å²) >= 11 is 3.31. The van der Waals surface area contributed by atoms with E-state index in [1.165, 1.54) is 18.2 Å². The minimum absolute atomic E-state index is 0.00214. The molecule has 0 bridgehead atoms. The van der Waals surface area contributed by atoms with E-state index in [0.717, 1.165) is 4.47 Å². The van der Waals surface area contributed by atoms with E-state index in [0.29, 0.717) is 5.75 Å². The Morgan fingerprint density at radius 2 is 1.53 bits per heavy atom. The first-order valence-electron chi connectivity index (χ1n) is 9.66. The van der Waals surface area contributed by atoms with E-state index in [1.807, 2.05) is 0 Å². The maximum absolute atomic E-state index is 14.1. The predicted molar refractivity (Wildman–Crippen MR) is 117 cm³/mol. The molecule has 1 amide bonds. The smallest absolute Gasteiger partial charge is 0.267 e. The molecule has 3 aromatic carbocycles. The van der Waals surface area contributed by atoms with Gasteiger partial charge in [-0.1, -0.05) is 15.9 Å². The van der Waals surface area contributed by atoms with Crippen LogP contribution in [-0.2, 0) is 4.79 Å². The van der Waals surface area contributed by atoms with Crippen molar-refractivity contribution in [1.82, 2.24) is 4.98 Å². The zero-order valence-electron chi connectivity index (χ0n) is 17.5. The van der Waals surface area contributed by atoms with E-state index in [4.69, 9.17) is 9.15 Å².